The van der Waals surface area contributed by atoms with E-state index in [4.69, 9.17) is 4.74 Å². The molecule has 0 aromatic carbocycles. The summed E-state index contributed by atoms with van der Waals surface area (Å²) in [5, 5.41) is 4.83. The first-order valence-corrected chi connectivity index (χ1v) is 7.48. The van der Waals surface area contributed by atoms with E-state index in [9.17, 15) is 18.0 Å². The number of fused-ring (bicyclic) bond motifs is 1. The molecule has 1 saturated heterocycles. The Bertz CT molecular complexity index is 800. The van der Waals surface area contributed by atoms with Gasteiger partial charge < -0.3 is 9.64 Å². The van der Waals surface area contributed by atoms with Crippen molar-refractivity contribution in [3.05, 3.63) is 17.3 Å². The number of carbonyl (C=O) groups excluding carboxylic acids is 1. The van der Waals surface area contributed by atoms with Gasteiger partial charge in [-0.2, -0.15) is 13.2 Å². The van der Waals surface area contributed by atoms with Crippen LogP contribution in [0.25, 0.3) is 11.0 Å². The third kappa shape index (κ3) is 2.78. The van der Waals surface area contributed by atoms with Gasteiger partial charge in [0, 0.05) is 19.3 Å². The predicted octanol–water partition coefficient (Wildman–Crippen LogP) is 2.13. The highest BCUT2D eigenvalue weighted by Crippen LogP contribution is 2.34. The zero-order valence-corrected chi connectivity index (χ0v) is 13.5. The molecule has 2 aromatic rings. The Morgan fingerprint density at radius 3 is 2.71 bits per heavy atom. The number of ether oxygens (including phenoxy) is 1. The fourth-order valence-electron chi connectivity index (χ4n) is 2.89. The smallest absolute Gasteiger partial charge is 0.408 e. The number of aromatic nitrogens is 3. The van der Waals surface area contributed by atoms with Gasteiger partial charge in [0.1, 0.15) is 6.04 Å². The van der Waals surface area contributed by atoms with Gasteiger partial charge in [-0.05, 0) is 31.9 Å². The predicted molar refractivity (Wildman–Crippen MR) is 79.7 cm³/mol. The van der Waals surface area contributed by atoms with Crippen LogP contribution in [0.2, 0.25) is 0 Å². The molecule has 1 aliphatic heterocycles. The average molecular weight is 342 g/mol. The monoisotopic (exact) mass is 342 g/mol. The molecule has 0 bridgehead atoms. The Kier molecular flexibility index (Phi) is 3.89. The summed E-state index contributed by atoms with van der Waals surface area (Å²) in [5.74, 6) is -0.491. The van der Waals surface area contributed by atoms with E-state index in [1.165, 1.54) is 4.68 Å². The molecule has 0 aliphatic carbocycles. The summed E-state index contributed by atoms with van der Waals surface area (Å²) in [6, 6.07) is 0.147. The third-order valence-corrected chi connectivity index (χ3v) is 4.14. The molecule has 0 radical (unpaired) electrons. The number of nitrogens with zero attached hydrogens (tertiary/aromatic N) is 4. The summed E-state index contributed by atoms with van der Waals surface area (Å²) < 4.78 is 45.1. The van der Waals surface area contributed by atoms with Crippen molar-refractivity contribution in [3.63, 3.8) is 0 Å². The van der Waals surface area contributed by atoms with Crippen LogP contribution in [0, 0.1) is 13.8 Å². The Morgan fingerprint density at radius 1 is 1.42 bits per heavy atom. The van der Waals surface area contributed by atoms with Gasteiger partial charge in [-0.15, -0.1) is 5.10 Å². The minimum atomic E-state index is -4.40. The first-order chi connectivity index (χ1) is 11.2. The van der Waals surface area contributed by atoms with E-state index in [1.54, 1.807) is 7.05 Å². The van der Waals surface area contributed by atoms with Gasteiger partial charge in [0.25, 0.3) is 5.91 Å². The maximum absolute atomic E-state index is 12.7. The van der Waals surface area contributed by atoms with Crippen molar-refractivity contribution in [3.8, 4) is 5.88 Å². The second-order valence-electron chi connectivity index (χ2n) is 5.93. The highest BCUT2D eigenvalue weighted by molar-refractivity contribution is 5.86. The van der Waals surface area contributed by atoms with Crippen molar-refractivity contribution in [2.24, 2.45) is 7.05 Å². The standard InChI is InChI=1S/C15H17F3N4O2/c1-8-6-9(2)19-13-12(8)14(20-21(13)3)24-7-11(23)22-5-4-10(22)15(16,17)18/h6,10H,4-5,7H2,1-3H3. The molecule has 3 heterocycles. The molecule has 1 amide bonds. The second-order valence-corrected chi connectivity index (χ2v) is 5.93. The number of halogens is 3. The average Bonchev–Trinajstić information content (AvgIpc) is 2.70. The number of hydrogen-bond donors (Lipinski definition) is 0. The number of pyridine rings is 1. The molecule has 130 valence electrons. The molecule has 9 heteroatoms. The quantitative estimate of drug-likeness (QED) is 0.857. The molecule has 24 heavy (non-hydrogen) atoms. The van der Waals surface area contributed by atoms with Crippen LogP contribution >= 0.6 is 0 Å². The fraction of sp³-hybridized carbons (Fsp3) is 0.533. The summed E-state index contributed by atoms with van der Waals surface area (Å²) in [7, 11) is 1.69. The van der Waals surface area contributed by atoms with E-state index in [0.717, 1.165) is 16.2 Å². The molecule has 0 saturated carbocycles. The maximum Gasteiger partial charge on any atom is 0.408 e. The lowest BCUT2D eigenvalue weighted by molar-refractivity contribution is -0.213. The van der Waals surface area contributed by atoms with Crippen molar-refractivity contribution in [1.29, 1.82) is 0 Å². The Morgan fingerprint density at radius 2 is 2.12 bits per heavy atom. The van der Waals surface area contributed by atoms with Gasteiger partial charge in [-0.3, -0.25) is 4.79 Å². The summed E-state index contributed by atoms with van der Waals surface area (Å²) in [4.78, 5) is 17.1. The first kappa shape index (κ1) is 16.5. The van der Waals surface area contributed by atoms with Crippen LogP contribution < -0.4 is 4.74 Å². The number of alkyl halides is 3. The zero-order chi connectivity index (χ0) is 17.6. The summed E-state index contributed by atoms with van der Waals surface area (Å²) >= 11 is 0. The summed E-state index contributed by atoms with van der Waals surface area (Å²) in [6.45, 7) is 3.33. The van der Waals surface area contributed by atoms with Crippen molar-refractivity contribution >= 4 is 16.9 Å². The summed E-state index contributed by atoms with van der Waals surface area (Å²) in [6.07, 6.45) is -4.46. The van der Waals surface area contributed by atoms with E-state index >= 15 is 0 Å². The van der Waals surface area contributed by atoms with Crippen LogP contribution in [0.5, 0.6) is 5.88 Å². The molecule has 6 nitrogen and oxygen atoms in total. The Balaban J connectivity index is 1.76. The lowest BCUT2D eigenvalue weighted by Crippen LogP contribution is -2.59. The topological polar surface area (TPSA) is 60.2 Å². The van der Waals surface area contributed by atoms with Crippen LogP contribution in [-0.4, -0.2) is 50.9 Å². The van der Waals surface area contributed by atoms with E-state index in [1.807, 2.05) is 19.9 Å². The molecule has 3 rings (SSSR count). The molecule has 2 aromatic heterocycles. The van der Waals surface area contributed by atoms with Gasteiger partial charge in [0.15, 0.2) is 12.3 Å². The second kappa shape index (κ2) is 5.64. The first-order valence-electron chi connectivity index (χ1n) is 7.48. The molecule has 1 unspecified atom stereocenters. The highest BCUT2D eigenvalue weighted by Gasteiger charge is 2.50. The molecule has 0 spiro atoms. The number of hydrogen-bond acceptors (Lipinski definition) is 4. The molecule has 0 N–H and O–H groups in total. The number of amides is 1. The Hall–Kier alpha value is -2.32. The van der Waals surface area contributed by atoms with Crippen molar-refractivity contribution < 1.29 is 22.7 Å². The Labute approximate surface area is 136 Å². The normalized spacial score (nSPS) is 17.9. The van der Waals surface area contributed by atoms with Crippen LogP contribution in [0.3, 0.4) is 0 Å². The number of aryl methyl sites for hydroxylation is 3. The van der Waals surface area contributed by atoms with E-state index in [0.29, 0.717) is 11.0 Å². The molecule has 1 atom stereocenters. The van der Waals surface area contributed by atoms with Gasteiger partial charge in [-0.25, -0.2) is 9.67 Å². The van der Waals surface area contributed by atoms with Crippen LogP contribution in [0.4, 0.5) is 13.2 Å². The third-order valence-electron chi connectivity index (χ3n) is 4.14. The number of carbonyl (C=O) groups is 1. The van der Waals surface area contributed by atoms with Crippen molar-refractivity contribution in [2.45, 2.75) is 32.5 Å². The van der Waals surface area contributed by atoms with Gasteiger partial charge in [0.2, 0.25) is 5.88 Å². The van der Waals surface area contributed by atoms with Crippen molar-refractivity contribution in [1.82, 2.24) is 19.7 Å². The molecule has 1 aliphatic rings. The van der Waals surface area contributed by atoms with Gasteiger partial charge >= 0.3 is 6.18 Å². The minimum Gasteiger partial charge on any atom is -0.466 e. The zero-order valence-electron chi connectivity index (χ0n) is 13.5. The largest absolute Gasteiger partial charge is 0.466 e. The van der Waals surface area contributed by atoms with Gasteiger partial charge in [0.05, 0.1) is 5.39 Å². The van der Waals surface area contributed by atoms with Crippen LogP contribution in [0.15, 0.2) is 6.07 Å². The van der Waals surface area contributed by atoms with E-state index in [-0.39, 0.29) is 18.8 Å². The molecule has 1 fully saturated rings. The lowest BCUT2D eigenvalue weighted by atomic mass is 10.0. The highest BCUT2D eigenvalue weighted by atomic mass is 19.4. The minimum absolute atomic E-state index is 0.0654. The summed E-state index contributed by atoms with van der Waals surface area (Å²) in [5.41, 5.74) is 2.30. The van der Waals surface area contributed by atoms with E-state index in [2.05, 4.69) is 10.1 Å². The SMILES string of the molecule is Cc1cc(C)c2c(OCC(=O)N3CCC3C(F)(F)F)nn(C)c2n1. The van der Waals surface area contributed by atoms with E-state index < -0.39 is 24.7 Å². The van der Waals surface area contributed by atoms with Crippen LogP contribution in [-0.2, 0) is 11.8 Å². The molecular formula is C15H17F3N4O2. The lowest BCUT2D eigenvalue weighted by Gasteiger charge is -2.41. The van der Waals surface area contributed by atoms with Crippen LogP contribution in [0.1, 0.15) is 17.7 Å². The number of likely N-dealkylation sites (tertiary alicyclic amines) is 1. The maximum atomic E-state index is 12.7. The number of rotatable bonds is 3. The fourth-order valence-corrected chi connectivity index (χ4v) is 2.89. The molecular weight excluding hydrogens is 325 g/mol. The van der Waals surface area contributed by atoms with Gasteiger partial charge in [-0.1, -0.05) is 0 Å². The van der Waals surface area contributed by atoms with Crippen molar-refractivity contribution in [2.75, 3.05) is 13.2 Å².